The second-order valence-electron chi connectivity index (χ2n) is 4.43. The molecule has 1 atom stereocenters. The topological polar surface area (TPSA) is 25.2 Å². The standard InChI is InChI=1S/C14H20N2/c1-2-3-4-10-15-13-9-5-7-12-8-6-11-16-14(12)13/h6,8,10-11,13H,2-5,7,9H2,1H3/b15-10-/t13-/m0/s1. The molecular formula is C14H20N2. The number of aliphatic imine (C=N–C) groups is 1. The number of aryl methyl sites for hydroxylation is 1. The quantitative estimate of drug-likeness (QED) is 0.556. The third-order valence-electron chi connectivity index (χ3n) is 3.14. The Hall–Kier alpha value is -1.18. The van der Waals surface area contributed by atoms with E-state index in [1.54, 1.807) is 0 Å². The van der Waals surface area contributed by atoms with E-state index < -0.39 is 0 Å². The van der Waals surface area contributed by atoms with Gasteiger partial charge in [0.05, 0.1) is 11.7 Å². The molecular weight excluding hydrogens is 196 g/mol. The first-order valence-electron chi connectivity index (χ1n) is 6.37. The van der Waals surface area contributed by atoms with Crippen LogP contribution in [-0.2, 0) is 6.42 Å². The third-order valence-corrected chi connectivity index (χ3v) is 3.14. The molecule has 0 saturated carbocycles. The predicted octanol–water partition coefficient (Wildman–Crippen LogP) is 3.72. The van der Waals surface area contributed by atoms with Crippen LogP contribution in [0.4, 0.5) is 0 Å². The SMILES string of the molecule is CCCC/C=N\[C@H]1CCCc2cccnc21. The minimum absolute atomic E-state index is 0.321. The zero-order valence-electron chi connectivity index (χ0n) is 10.0. The van der Waals surface area contributed by atoms with Crippen LogP contribution in [0.25, 0.3) is 0 Å². The molecule has 0 unspecified atom stereocenters. The zero-order chi connectivity index (χ0) is 11.2. The summed E-state index contributed by atoms with van der Waals surface area (Å²) >= 11 is 0. The first-order chi connectivity index (χ1) is 7.92. The van der Waals surface area contributed by atoms with Gasteiger partial charge in [-0.05, 0) is 49.9 Å². The second-order valence-corrected chi connectivity index (χ2v) is 4.43. The van der Waals surface area contributed by atoms with Gasteiger partial charge in [0, 0.05) is 6.20 Å². The van der Waals surface area contributed by atoms with E-state index in [9.17, 15) is 0 Å². The van der Waals surface area contributed by atoms with E-state index in [1.807, 2.05) is 12.3 Å². The maximum Gasteiger partial charge on any atom is 0.0918 e. The molecule has 1 heterocycles. The van der Waals surface area contributed by atoms with E-state index in [-0.39, 0.29) is 0 Å². The van der Waals surface area contributed by atoms with E-state index in [1.165, 1.54) is 36.9 Å². The van der Waals surface area contributed by atoms with Crippen LogP contribution in [0.3, 0.4) is 0 Å². The molecule has 0 aromatic carbocycles. The monoisotopic (exact) mass is 216 g/mol. The Bertz CT molecular complexity index is 358. The number of unbranched alkanes of at least 4 members (excludes halogenated alkanes) is 2. The molecule has 1 aliphatic carbocycles. The van der Waals surface area contributed by atoms with Gasteiger partial charge in [0.15, 0.2) is 0 Å². The molecule has 0 radical (unpaired) electrons. The summed E-state index contributed by atoms with van der Waals surface area (Å²) in [5, 5.41) is 0. The number of fused-ring (bicyclic) bond motifs is 1. The van der Waals surface area contributed by atoms with Crippen molar-refractivity contribution < 1.29 is 0 Å². The fourth-order valence-corrected chi connectivity index (χ4v) is 2.23. The highest BCUT2D eigenvalue weighted by Crippen LogP contribution is 2.30. The summed E-state index contributed by atoms with van der Waals surface area (Å²) < 4.78 is 0. The molecule has 2 nitrogen and oxygen atoms in total. The number of hydrogen-bond donors (Lipinski definition) is 0. The van der Waals surface area contributed by atoms with Crippen LogP contribution in [0.2, 0.25) is 0 Å². The molecule has 0 bridgehead atoms. The Balaban J connectivity index is 2.04. The van der Waals surface area contributed by atoms with Crippen LogP contribution in [-0.4, -0.2) is 11.2 Å². The largest absolute Gasteiger partial charge is 0.288 e. The normalized spacial score (nSPS) is 19.9. The van der Waals surface area contributed by atoms with Gasteiger partial charge in [0.1, 0.15) is 0 Å². The molecule has 0 saturated heterocycles. The van der Waals surface area contributed by atoms with Crippen molar-refractivity contribution in [1.82, 2.24) is 4.98 Å². The third kappa shape index (κ3) is 2.69. The number of nitrogens with zero attached hydrogens (tertiary/aromatic N) is 2. The Morgan fingerprint density at radius 1 is 1.56 bits per heavy atom. The Morgan fingerprint density at radius 2 is 2.50 bits per heavy atom. The minimum Gasteiger partial charge on any atom is -0.288 e. The molecule has 0 N–H and O–H groups in total. The van der Waals surface area contributed by atoms with Crippen LogP contribution in [0, 0.1) is 0 Å². The number of pyridine rings is 1. The lowest BCUT2D eigenvalue weighted by Crippen LogP contribution is -2.10. The molecule has 0 amide bonds. The summed E-state index contributed by atoms with van der Waals surface area (Å²) in [5.41, 5.74) is 2.60. The lowest BCUT2D eigenvalue weighted by Gasteiger charge is -2.20. The van der Waals surface area contributed by atoms with Gasteiger partial charge >= 0.3 is 0 Å². The lowest BCUT2D eigenvalue weighted by atomic mass is 9.92. The van der Waals surface area contributed by atoms with Crippen molar-refractivity contribution in [3.63, 3.8) is 0 Å². The molecule has 1 aromatic heterocycles. The molecule has 2 rings (SSSR count). The van der Waals surface area contributed by atoms with E-state index in [2.05, 4.69) is 29.2 Å². The first-order valence-corrected chi connectivity index (χ1v) is 6.37. The van der Waals surface area contributed by atoms with Gasteiger partial charge in [-0.2, -0.15) is 0 Å². The van der Waals surface area contributed by atoms with E-state index >= 15 is 0 Å². The Morgan fingerprint density at radius 3 is 3.38 bits per heavy atom. The van der Waals surface area contributed by atoms with Crippen molar-refractivity contribution in [2.24, 2.45) is 4.99 Å². The number of hydrogen-bond acceptors (Lipinski definition) is 2. The summed E-state index contributed by atoms with van der Waals surface area (Å²) in [6.45, 7) is 2.21. The second kappa shape index (κ2) is 5.78. The first kappa shape index (κ1) is 11.3. The van der Waals surface area contributed by atoms with Gasteiger partial charge < -0.3 is 0 Å². The fourth-order valence-electron chi connectivity index (χ4n) is 2.23. The van der Waals surface area contributed by atoms with Gasteiger partial charge in [0.2, 0.25) is 0 Å². The summed E-state index contributed by atoms with van der Waals surface area (Å²) in [6, 6.07) is 4.54. The fraction of sp³-hybridized carbons (Fsp3) is 0.571. The van der Waals surface area contributed by atoms with Crippen molar-refractivity contribution in [1.29, 1.82) is 0 Å². The molecule has 0 fully saturated rings. The van der Waals surface area contributed by atoms with Crippen molar-refractivity contribution >= 4 is 6.21 Å². The molecule has 1 aromatic rings. The van der Waals surface area contributed by atoms with E-state index in [0.29, 0.717) is 6.04 Å². The molecule has 86 valence electrons. The number of aromatic nitrogens is 1. The van der Waals surface area contributed by atoms with Gasteiger partial charge in [-0.3, -0.25) is 9.98 Å². The average molecular weight is 216 g/mol. The average Bonchev–Trinajstić information content (AvgIpc) is 2.35. The summed E-state index contributed by atoms with van der Waals surface area (Å²) in [5.74, 6) is 0. The van der Waals surface area contributed by atoms with Crippen LogP contribution in [0.1, 0.15) is 56.3 Å². The minimum atomic E-state index is 0.321. The Kier molecular flexibility index (Phi) is 4.09. The number of rotatable bonds is 4. The van der Waals surface area contributed by atoms with E-state index in [4.69, 9.17) is 0 Å². The van der Waals surface area contributed by atoms with Crippen molar-refractivity contribution in [3.8, 4) is 0 Å². The van der Waals surface area contributed by atoms with Gasteiger partial charge in [-0.25, -0.2) is 0 Å². The summed E-state index contributed by atoms with van der Waals surface area (Å²) in [4.78, 5) is 9.16. The highest BCUT2D eigenvalue weighted by Gasteiger charge is 2.19. The maximum absolute atomic E-state index is 4.67. The van der Waals surface area contributed by atoms with E-state index in [0.717, 1.165) is 12.8 Å². The summed E-state index contributed by atoms with van der Waals surface area (Å²) in [6.07, 6.45) is 11.1. The zero-order valence-corrected chi connectivity index (χ0v) is 10.0. The summed E-state index contributed by atoms with van der Waals surface area (Å²) in [7, 11) is 0. The van der Waals surface area contributed by atoms with Crippen LogP contribution in [0.15, 0.2) is 23.3 Å². The van der Waals surface area contributed by atoms with Gasteiger partial charge in [-0.15, -0.1) is 0 Å². The molecule has 0 aliphatic heterocycles. The van der Waals surface area contributed by atoms with Crippen molar-refractivity contribution in [2.45, 2.75) is 51.5 Å². The molecule has 16 heavy (non-hydrogen) atoms. The molecule has 1 aliphatic rings. The predicted molar refractivity (Wildman–Crippen MR) is 67.9 cm³/mol. The van der Waals surface area contributed by atoms with Crippen LogP contribution in [0.5, 0.6) is 0 Å². The van der Waals surface area contributed by atoms with Crippen molar-refractivity contribution in [3.05, 3.63) is 29.6 Å². The van der Waals surface area contributed by atoms with Gasteiger partial charge in [-0.1, -0.05) is 19.4 Å². The Labute approximate surface area is 97.8 Å². The highest BCUT2D eigenvalue weighted by molar-refractivity contribution is 5.57. The lowest BCUT2D eigenvalue weighted by molar-refractivity contribution is 0.556. The van der Waals surface area contributed by atoms with Crippen LogP contribution < -0.4 is 0 Å². The molecule has 2 heteroatoms. The highest BCUT2D eigenvalue weighted by atomic mass is 14.8. The maximum atomic E-state index is 4.67. The molecule has 0 spiro atoms. The van der Waals surface area contributed by atoms with Crippen molar-refractivity contribution in [2.75, 3.05) is 0 Å². The van der Waals surface area contributed by atoms with Crippen LogP contribution >= 0.6 is 0 Å². The smallest absolute Gasteiger partial charge is 0.0918 e. The van der Waals surface area contributed by atoms with Gasteiger partial charge in [0.25, 0.3) is 0 Å².